The number of allylic oxidation sites excluding steroid dienone is 2. The molecule has 0 spiro atoms. The number of benzene rings is 2. The van der Waals surface area contributed by atoms with E-state index in [1.807, 2.05) is 85.0 Å². The van der Waals surface area contributed by atoms with Gasteiger partial charge >= 0.3 is 0 Å². The van der Waals surface area contributed by atoms with Crippen molar-refractivity contribution in [3.05, 3.63) is 83.9 Å². The van der Waals surface area contributed by atoms with Gasteiger partial charge in [-0.3, -0.25) is 4.79 Å². The van der Waals surface area contributed by atoms with E-state index in [9.17, 15) is 4.79 Å². The predicted octanol–water partition coefficient (Wildman–Crippen LogP) is 4.76. The first kappa shape index (κ1) is 14.0. The Hall–Kier alpha value is -2.41. The zero-order valence-electron chi connectivity index (χ0n) is 11.4. The van der Waals surface area contributed by atoms with Gasteiger partial charge in [-0.15, -0.1) is 0 Å². The Labute approximate surface area is 120 Å². The molecule has 0 N–H and O–H groups in total. The number of carbonyl (C=O) groups excluding carboxylic acids is 1. The molecule has 0 aliphatic carbocycles. The molecule has 2 rings (SSSR count). The number of Topliss-reactive ketones (excluding diaryl/α,β-unsaturated/α-hetero) is 1. The van der Waals surface area contributed by atoms with Gasteiger partial charge in [0, 0.05) is 12.8 Å². The Morgan fingerprint density at radius 2 is 1.10 bits per heavy atom. The van der Waals surface area contributed by atoms with Crippen molar-refractivity contribution in [2.75, 3.05) is 0 Å². The lowest BCUT2D eigenvalue weighted by Gasteiger charge is -1.94. The average Bonchev–Trinajstić information content (AvgIpc) is 2.49. The van der Waals surface area contributed by atoms with Crippen molar-refractivity contribution < 1.29 is 4.79 Å². The Bertz CT molecular complexity index is 526. The molecule has 0 unspecified atom stereocenters. The van der Waals surface area contributed by atoms with Crippen molar-refractivity contribution in [2.24, 2.45) is 0 Å². The molecule has 1 nitrogen and oxygen atoms in total. The smallest absolute Gasteiger partial charge is 0.140 e. The van der Waals surface area contributed by atoms with Crippen LogP contribution in [0.4, 0.5) is 0 Å². The third-order valence-corrected chi connectivity index (χ3v) is 2.91. The minimum atomic E-state index is 0.226. The maximum Gasteiger partial charge on any atom is 0.140 e. The SMILES string of the molecule is O=C(CC=Cc1ccccc1)CC=Cc1ccccc1. The molecule has 0 fully saturated rings. The van der Waals surface area contributed by atoms with Crippen molar-refractivity contribution in [2.45, 2.75) is 12.8 Å². The lowest BCUT2D eigenvalue weighted by molar-refractivity contribution is -0.117. The third kappa shape index (κ3) is 5.07. The summed E-state index contributed by atoms with van der Waals surface area (Å²) in [5, 5.41) is 0. The Morgan fingerprint density at radius 1 is 0.700 bits per heavy atom. The molecule has 0 saturated heterocycles. The van der Waals surface area contributed by atoms with Gasteiger partial charge in [0.1, 0.15) is 5.78 Å². The summed E-state index contributed by atoms with van der Waals surface area (Å²) in [6.07, 6.45) is 8.78. The highest BCUT2D eigenvalue weighted by Crippen LogP contribution is 2.05. The summed E-state index contributed by atoms with van der Waals surface area (Å²) in [5.41, 5.74) is 2.25. The molecule has 0 amide bonds. The molecule has 0 heterocycles. The molecule has 0 aliphatic rings. The molecule has 0 atom stereocenters. The average molecular weight is 262 g/mol. The molecule has 2 aromatic rings. The van der Waals surface area contributed by atoms with Gasteiger partial charge in [-0.2, -0.15) is 0 Å². The third-order valence-electron chi connectivity index (χ3n) is 2.91. The lowest BCUT2D eigenvalue weighted by atomic mass is 10.1. The standard InChI is InChI=1S/C19H18O/c20-19(15-7-13-17-9-3-1-4-10-17)16-8-14-18-11-5-2-6-12-18/h1-14H,15-16H2. The molecule has 20 heavy (non-hydrogen) atoms. The van der Waals surface area contributed by atoms with Crippen LogP contribution >= 0.6 is 0 Å². The quantitative estimate of drug-likeness (QED) is 0.733. The molecule has 2 aromatic carbocycles. The second kappa shape index (κ2) is 7.90. The fraction of sp³-hybridized carbons (Fsp3) is 0.105. The summed E-state index contributed by atoms with van der Waals surface area (Å²) in [7, 11) is 0. The second-order valence-corrected chi connectivity index (χ2v) is 4.57. The van der Waals surface area contributed by atoms with Gasteiger partial charge in [0.15, 0.2) is 0 Å². The molecule has 0 aliphatic heterocycles. The van der Waals surface area contributed by atoms with Gasteiger partial charge in [0.2, 0.25) is 0 Å². The van der Waals surface area contributed by atoms with E-state index in [0.29, 0.717) is 12.8 Å². The van der Waals surface area contributed by atoms with Crippen LogP contribution in [0.2, 0.25) is 0 Å². The van der Waals surface area contributed by atoms with Crippen LogP contribution in [0.1, 0.15) is 24.0 Å². The van der Waals surface area contributed by atoms with Crippen LogP contribution < -0.4 is 0 Å². The van der Waals surface area contributed by atoms with Crippen LogP contribution in [0.5, 0.6) is 0 Å². The van der Waals surface area contributed by atoms with E-state index in [2.05, 4.69) is 0 Å². The van der Waals surface area contributed by atoms with Crippen molar-refractivity contribution in [3.63, 3.8) is 0 Å². The minimum absolute atomic E-state index is 0.226. The van der Waals surface area contributed by atoms with Crippen molar-refractivity contribution in [1.82, 2.24) is 0 Å². The Morgan fingerprint density at radius 3 is 1.50 bits per heavy atom. The van der Waals surface area contributed by atoms with E-state index >= 15 is 0 Å². The van der Waals surface area contributed by atoms with Crippen LogP contribution in [0.3, 0.4) is 0 Å². The highest BCUT2D eigenvalue weighted by molar-refractivity contribution is 5.82. The molecule has 0 bridgehead atoms. The summed E-state index contributed by atoms with van der Waals surface area (Å²) in [4.78, 5) is 11.7. The normalized spacial score (nSPS) is 11.2. The van der Waals surface area contributed by atoms with Crippen molar-refractivity contribution in [3.8, 4) is 0 Å². The maximum absolute atomic E-state index is 11.7. The van der Waals surface area contributed by atoms with Crippen molar-refractivity contribution >= 4 is 17.9 Å². The molecular formula is C19H18O. The van der Waals surface area contributed by atoms with Crippen LogP contribution in [0.15, 0.2) is 72.8 Å². The van der Waals surface area contributed by atoms with Crippen LogP contribution in [0.25, 0.3) is 12.2 Å². The van der Waals surface area contributed by atoms with Crippen molar-refractivity contribution in [1.29, 1.82) is 0 Å². The number of hydrogen-bond acceptors (Lipinski definition) is 1. The lowest BCUT2D eigenvalue weighted by Crippen LogP contribution is -1.92. The first-order valence-electron chi connectivity index (χ1n) is 6.79. The predicted molar refractivity (Wildman–Crippen MR) is 85.2 cm³/mol. The molecule has 0 radical (unpaired) electrons. The fourth-order valence-electron chi connectivity index (χ4n) is 1.86. The van der Waals surface area contributed by atoms with Crippen LogP contribution in [0, 0.1) is 0 Å². The molecular weight excluding hydrogens is 244 g/mol. The van der Waals surface area contributed by atoms with E-state index in [1.54, 1.807) is 0 Å². The summed E-state index contributed by atoms with van der Waals surface area (Å²) in [5.74, 6) is 0.226. The molecule has 0 aromatic heterocycles. The zero-order chi connectivity index (χ0) is 14.0. The van der Waals surface area contributed by atoms with Gasteiger partial charge in [-0.1, -0.05) is 85.0 Å². The summed E-state index contributed by atoms with van der Waals surface area (Å²) in [6, 6.07) is 20.0. The maximum atomic E-state index is 11.7. The second-order valence-electron chi connectivity index (χ2n) is 4.57. The molecule has 1 heteroatoms. The number of carbonyl (C=O) groups is 1. The van der Waals surface area contributed by atoms with Gasteiger partial charge in [-0.05, 0) is 11.1 Å². The Balaban J connectivity index is 1.76. The van der Waals surface area contributed by atoms with E-state index in [-0.39, 0.29) is 5.78 Å². The number of rotatable bonds is 6. The highest BCUT2D eigenvalue weighted by Gasteiger charge is 1.95. The minimum Gasteiger partial charge on any atom is -0.299 e. The summed E-state index contributed by atoms with van der Waals surface area (Å²) >= 11 is 0. The largest absolute Gasteiger partial charge is 0.299 e. The highest BCUT2D eigenvalue weighted by atomic mass is 16.1. The van der Waals surface area contributed by atoms with Gasteiger partial charge in [0.05, 0.1) is 0 Å². The van der Waals surface area contributed by atoms with E-state index in [1.165, 1.54) is 0 Å². The van der Waals surface area contributed by atoms with E-state index < -0.39 is 0 Å². The van der Waals surface area contributed by atoms with Gasteiger partial charge < -0.3 is 0 Å². The number of hydrogen-bond donors (Lipinski definition) is 0. The fourth-order valence-corrected chi connectivity index (χ4v) is 1.86. The van der Waals surface area contributed by atoms with E-state index in [0.717, 1.165) is 11.1 Å². The molecule has 100 valence electrons. The monoisotopic (exact) mass is 262 g/mol. The summed E-state index contributed by atoms with van der Waals surface area (Å²) < 4.78 is 0. The van der Waals surface area contributed by atoms with E-state index in [4.69, 9.17) is 0 Å². The first-order chi connectivity index (χ1) is 9.84. The van der Waals surface area contributed by atoms with Gasteiger partial charge in [0.25, 0.3) is 0 Å². The number of ketones is 1. The Kier molecular flexibility index (Phi) is 5.53. The molecule has 0 saturated carbocycles. The first-order valence-corrected chi connectivity index (χ1v) is 6.79. The topological polar surface area (TPSA) is 17.1 Å². The summed E-state index contributed by atoms with van der Waals surface area (Å²) in [6.45, 7) is 0. The van der Waals surface area contributed by atoms with Gasteiger partial charge in [-0.25, -0.2) is 0 Å². The van der Waals surface area contributed by atoms with Crippen LogP contribution in [-0.2, 0) is 4.79 Å². The van der Waals surface area contributed by atoms with Crippen LogP contribution in [-0.4, -0.2) is 5.78 Å². The zero-order valence-corrected chi connectivity index (χ0v) is 11.4.